The minimum Gasteiger partial charge on any atom is -0.261 e. The first-order chi connectivity index (χ1) is 15.0. The first-order valence-corrected chi connectivity index (χ1v) is 12.0. The number of benzene rings is 2. The molecule has 0 atom stereocenters. The minimum absolute atomic E-state index is 0.162. The topological polar surface area (TPSA) is 76.9 Å². The molecule has 0 aliphatic heterocycles. The Kier molecular flexibility index (Phi) is 5.33. The molecule has 1 N–H and O–H groups in total. The van der Waals surface area contributed by atoms with Gasteiger partial charge in [0.15, 0.2) is 11.5 Å². The van der Waals surface area contributed by atoms with E-state index in [1.54, 1.807) is 35.0 Å². The van der Waals surface area contributed by atoms with Crippen molar-refractivity contribution in [2.75, 3.05) is 4.72 Å². The van der Waals surface area contributed by atoms with Gasteiger partial charge in [-0.1, -0.05) is 56.7 Å². The number of rotatable bonds is 4. The number of aromatic nitrogens is 3. The van der Waals surface area contributed by atoms with Crippen LogP contribution < -0.4 is 4.72 Å². The Morgan fingerprint density at radius 3 is 2.12 bits per heavy atom. The van der Waals surface area contributed by atoms with Crippen molar-refractivity contribution in [2.45, 2.75) is 51.9 Å². The van der Waals surface area contributed by atoms with E-state index >= 15 is 0 Å². The summed E-state index contributed by atoms with van der Waals surface area (Å²) in [6.45, 7) is 12.4. The molecule has 0 radical (unpaired) electrons. The second-order valence-corrected chi connectivity index (χ2v) is 10.9. The molecule has 4 aromatic rings. The van der Waals surface area contributed by atoms with Gasteiger partial charge in [0.05, 0.1) is 16.0 Å². The van der Waals surface area contributed by atoms with E-state index in [9.17, 15) is 8.42 Å². The zero-order valence-electron chi connectivity index (χ0n) is 19.3. The molecular formula is C25H28N4O2S. The van der Waals surface area contributed by atoms with Crippen molar-refractivity contribution in [1.29, 1.82) is 0 Å². The number of aryl methyl sites for hydroxylation is 3. The summed E-state index contributed by atoms with van der Waals surface area (Å²) < 4.78 is 30.5. The van der Waals surface area contributed by atoms with E-state index in [1.165, 1.54) is 0 Å². The first-order valence-electron chi connectivity index (χ1n) is 10.5. The maximum Gasteiger partial charge on any atom is 0.263 e. The Balaban J connectivity index is 1.96. The number of nitrogens with zero attached hydrogens (tertiary/aromatic N) is 3. The van der Waals surface area contributed by atoms with E-state index in [0.717, 1.165) is 28.1 Å². The first kappa shape index (κ1) is 22.0. The van der Waals surface area contributed by atoms with E-state index < -0.39 is 10.0 Å². The molecule has 0 spiro atoms. The van der Waals surface area contributed by atoms with Gasteiger partial charge in [-0.15, -0.1) is 5.10 Å². The second kappa shape index (κ2) is 7.74. The van der Waals surface area contributed by atoms with E-state index in [1.807, 2.05) is 26.0 Å². The Morgan fingerprint density at radius 2 is 1.53 bits per heavy atom. The van der Waals surface area contributed by atoms with E-state index in [-0.39, 0.29) is 16.1 Å². The quantitative estimate of drug-likeness (QED) is 0.451. The average molecular weight is 449 g/mol. The van der Waals surface area contributed by atoms with Crippen molar-refractivity contribution in [3.8, 4) is 5.69 Å². The summed E-state index contributed by atoms with van der Waals surface area (Å²) in [7, 11) is -3.79. The van der Waals surface area contributed by atoms with Crippen molar-refractivity contribution in [1.82, 2.24) is 14.8 Å². The Labute approximate surface area is 189 Å². The number of hydrogen-bond acceptors (Lipinski definition) is 4. The second-order valence-electron chi connectivity index (χ2n) is 9.24. The fourth-order valence-electron chi connectivity index (χ4n) is 3.94. The van der Waals surface area contributed by atoms with Gasteiger partial charge in [0, 0.05) is 11.1 Å². The maximum absolute atomic E-state index is 13.0. The Bertz CT molecular complexity index is 1390. The van der Waals surface area contributed by atoms with E-state index in [2.05, 4.69) is 44.5 Å². The van der Waals surface area contributed by atoms with Crippen LogP contribution in [0.3, 0.4) is 0 Å². The standard InChI is InChI=1S/C25H28N4O2S/c1-16-14-17(2)22(18(3)15-16)29-24-20(12-13-21(26-24)25(4,5)6)23(27-29)28-32(30,31)19-10-8-7-9-11-19/h7-15H,1-6H3,(H,27,28). The lowest BCUT2D eigenvalue weighted by Gasteiger charge is -2.18. The molecule has 2 aromatic carbocycles. The van der Waals surface area contributed by atoms with Gasteiger partial charge >= 0.3 is 0 Å². The molecule has 7 heteroatoms. The predicted molar refractivity (Wildman–Crippen MR) is 129 cm³/mol. The molecule has 166 valence electrons. The lowest BCUT2D eigenvalue weighted by atomic mass is 9.91. The average Bonchev–Trinajstić information content (AvgIpc) is 3.04. The molecule has 0 unspecified atom stereocenters. The summed E-state index contributed by atoms with van der Waals surface area (Å²) in [5.41, 5.74) is 5.53. The maximum atomic E-state index is 13.0. The minimum atomic E-state index is -3.79. The third kappa shape index (κ3) is 4.00. The van der Waals surface area contributed by atoms with Crippen LogP contribution in [0.1, 0.15) is 43.2 Å². The van der Waals surface area contributed by atoms with Gasteiger partial charge in [-0.3, -0.25) is 4.72 Å². The highest BCUT2D eigenvalue weighted by molar-refractivity contribution is 7.92. The molecule has 0 aliphatic rings. The Hall–Kier alpha value is -3.19. The van der Waals surface area contributed by atoms with Crippen molar-refractivity contribution in [3.63, 3.8) is 0 Å². The molecular weight excluding hydrogens is 420 g/mol. The molecule has 2 heterocycles. The van der Waals surface area contributed by atoms with Crippen LogP contribution >= 0.6 is 0 Å². The smallest absolute Gasteiger partial charge is 0.261 e. The Morgan fingerprint density at radius 1 is 0.906 bits per heavy atom. The normalized spacial score (nSPS) is 12.3. The van der Waals surface area contributed by atoms with Gasteiger partial charge in [0.25, 0.3) is 10.0 Å². The van der Waals surface area contributed by atoms with Gasteiger partial charge in [-0.25, -0.2) is 18.1 Å². The molecule has 0 saturated carbocycles. The van der Waals surface area contributed by atoms with Crippen LogP contribution in [0.25, 0.3) is 16.7 Å². The number of sulfonamides is 1. The number of fused-ring (bicyclic) bond motifs is 1. The van der Waals surface area contributed by atoms with Crippen molar-refractivity contribution < 1.29 is 8.42 Å². The van der Waals surface area contributed by atoms with Crippen LogP contribution in [0, 0.1) is 20.8 Å². The zero-order chi connectivity index (χ0) is 23.3. The van der Waals surface area contributed by atoms with Gasteiger partial charge < -0.3 is 0 Å². The highest BCUT2D eigenvalue weighted by Gasteiger charge is 2.24. The van der Waals surface area contributed by atoms with Crippen LogP contribution in [0.4, 0.5) is 5.82 Å². The molecule has 0 amide bonds. The molecule has 2 aromatic heterocycles. The highest BCUT2D eigenvalue weighted by atomic mass is 32.2. The summed E-state index contributed by atoms with van der Waals surface area (Å²) in [6.07, 6.45) is 0. The lowest BCUT2D eigenvalue weighted by molar-refractivity contribution is 0.570. The van der Waals surface area contributed by atoms with E-state index in [0.29, 0.717) is 11.0 Å². The number of nitrogens with one attached hydrogen (secondary N) is 1. The van der Waals surface area contributed by atoms with Gasteiger partial charge in [0.2, 0.25) is 0 Å². The molecule has 0 aliphatic carbocycles. The van der Waals surface area contributed by atoms with Gasteiger partial charge in [0.1, 0.15) is 0 Å². The largest absolute Gasteiger partial charge is 0.263 e. The van der Waals surface area contributed by atoms with Crippen molar-refractivity contribution in [3.05, 3.63) is 77.0 Å². The van der Waals surface area contributed by atoms with Gasteiger partial charge in [-0.2, -0.15) is 0 Å². The lowest BCUT2D eigenvalue weighted by Crippen LogP contribution is -2.14. The molecule has 4 rings (SSSR count). The van der Waals surface area contributed by atoms with Crippen molar-refractivity contribution >= 4 is 26.9 Å². The molecule has 0 saturated heterocycles. The molecule has 6 nitrogen and oxygen atoms in total. The number of pyridine rings is 1. The molecule has 0 fully saturated rings. The zero-order valence-corrected chi connectivity index (χ0v) is 20.1. The van der Waals surface area contributed by atoms with Crippen LogP contribution in [-0.2, 0) is 15.4 Å². The summed E-state index contributed by atoms with van der Waals surface area (Å²) in [4.78, 5) is 5.10. The third-order valence-corrected chi connectivity index (χ3v) is 6.79. The molecule has 0 bridgehead atoms. The van der Waals surface area contributed by atoms with Crippen LogP contribution in [0.5, 0.6) is 0 Å². The number of anilines is 1. The van der Waals surface area contributed by atoms with Crippen LogP contribution in [-0.4, -0.2) is 23.2 Å². The number of hydrogen-bond donors (Lipinski definition) is 1. The SMILES string of the molecule is Cc1cc(C)c(-n2nc(NS(=O)(=O)c3ccccc3)c3ccc(C(C)(C)C)nc32)c(C)c1. The predicted octanol–water partition coefficient (Wildman–Crippen LogP) is 5.44. The summed E-state index contributed by atoms with van der Waals surface area (Å²) in [5.74, 6) is 0.260. The molecule has 32 heavy (non-hydrogen) atoms. The fraction of sp³-hybridized carbons (Fsp3) is 0.280. The summed E-state index contributed by atoms with van der Waals surface area (Å²) in [5, 5.41) is 5.36. The van der Waals surface area contributed by atoms with Crippen LogP contribution in [0.15, 0.2) is 59.5 Å². The highest BCUT2D eigenvalue weighted by Crippen LogP contribution is 2.32. The van der Waals surface area contributed by atoms with E-state index in [4.69, 9.17) is 10.1 Å². The fourth-order valence-corrected chi connectivity index (χ4v) is 4.98. The summed E-state index contributed by atoms with van der Waals surface area (Å²) >= 11 is 0. The van der Waals surface area contributed by atoms with Crippen molar-refractivity contribution in [2.24, 2.45) is 0 Å². The van der Waals surface area contributed by atoms with Crippen LogP contribution in [0.2, 0.25) is 0 Å². The monoisotopic (exact) mass is 448 g/mol. The van der Waals surface area contributed by atoms with Gasteiger partial charge in [-0.05, 0) is 56.2 Å². The summed E-state index contributed by atoms with van der Waals surface area (Å²) in [6, 6.07) is 16.3. The third-order valence-electron chi connectivity index (χ3n) is 5.43.